The van der Waals surface area contributed by atoms with Gasteiger partial charge in [0.25, 0.3) is 0 Å². The van der Waals surface area contributed by atoms with Crippen LogP contribution >= 0.6 is 0 Å². The molecule has 8 aromatic carbocycles. The van der Waals surface area contributed by atoms with E-state index in [0.29, 0.717) is 0 Å². The minimum atomic E-state index is -1.39. The molecule has 0 N–H and O–H groups in total. The van der Waals surface area contributed by atoms with Gasteiger partial charge < -0.3 is 9.80 Å². The summed E-state index contributed by atoms with van der Waals surface area (Å²) in [4.78, 5) is 4.65. The first-order valence-corrected chi connectivity index (χ1v) is 21.5. The highest BCUT2D eigenvalue weighted by Crippen LogP contribution is 2.38. The number of para-hydroxylation sites is 3. The topological polar surface area (TPSA) is 6.48 Å². The Bertz CT molecular complexity index is 2430. The number of hydrogen-bond acceptors (Lipinski definition) is 2. The molecule has 252 valence electrons. The first-order valence-electron chi connectivity index (χ1n) is 18.0. The summed E-state index contributed by atoms with van der Waals surface area (Å²) in [6.07, 6.45) is 4.40. The van der Waals surface area contributed by atoms with E-state index in [0.717, 1.165) is 34.0 Å². The molecule has 0 atom stereocenters. The van der Waals surface area contributed by atoms with Crippen molar-refractivity contribution in [2.45, 2.75) is 19.6 Å². The molecule has 0 aliphatic heterocycles. The minimum absolute atomic E-state index is 1.13. The molecule has 0 spiro atoms. The summed E-state index contributed by atoms with van der Waals surface area (Å²) in [6, 6.07) is 67.8. The monoisotopic (exact) mass is 686 g/mol. The predicted molar refractivity (Wildman–Crippen MR) is 229 cm³/mol. The Morgan fingerprint density at radius 1 is 0.346 bits per heavy atom. The standard InChI is InChI=1S/C49H42N2Si/c1-52(2,3)47-31-28-45(29-32-47)51(43-17-11-6-12-18-43)46-30-34-49-40(36-46)25-24-39-35-38(23-33-48(39)49)20-19-37-21-26-44(27-22-37)50(41-13-7-4-8-14-41)42-15-9-5-10-16-42/h4-36H,1-3H3. The Labute approximate surface area is 308 Å². The van der Waals surface area contributed by atoms with Crippen LogP contribution in [0.2, 0.25) is 19.6 Å². The van der Waals surface area contributed by atoms with Gasteiger partial charge in [-0.15, -0.1) is 0 Å². The Morgan fingerprint density at radius 2 is 0.731 bits per heavy atom. The Morgan fingerprint density at radius 3 is 1.25 bits per heavy atom. The zero-order valence-corrected chi connectivity index (χ0v) is 30.9. The van der Waals surface area contributed by atoms with Crippen molar-refractivity contribution >= 4 is 81.1 Å². The van der Waals surface area contributed by atoms with Crippen LogP contribution in [0.3, 0.4) is 0 Å². The second kappa shape index (κ2) is 14.2. The van der Waals surface area contributed by atoms with Crippen molar-refractivity contribution < 1.29 is 0 Å². The molecule has 8 aromatic rings. The van der Waals surface area contributed by atoms with E-state index in [2.05, 4.69) is 230 Å². The second-order valence-electron chi connectivity index (χ2n) is 14.4. The van der Waals surface area contributed by atoms with Crippen LogP contribution in [0.15, 0.2) is 188 Å². The summed E-state index contributed by atoms with van der Waals surface area (Å²) in [6.45, 7) is 7.19. The fraction of sp³-hybridized carbons (Fsp3) is 0.0612. The van der Waals surface area contributed by atoms with E-state index in [1.165, 1.54) is 38.0 Å². The molecule has 0 heterocycles. The van der Waals surface area contributed by atoms with Crippen LogP contribution < -0.4 is 15.0 Å². The third-order valence-corrected chi connectivity index (χ3v) is 11.8. The highest BCUT2D eigenvalue weighted by Gasteiger charge is 2.18. The Hall–Kier alpha value is -6.16. The lowest BCUT2D eigenvalue weighted by molar-refractivity contribution is 1.28. The number of hydrogen-bond donors (Lipinski definition) is 0. The van der Waals surface area contributed by atoms with Crippen LogP contribution in [-0.2, 0) is 0 Å². The minimum Gasteiger partial charge on any atom is -0.311 e. The molecule has 0 radical (unpaired) electrons. The van der Waals surface area contributed by atoms with E-state index >= 15 is 0 Å². The number of nitrogens with zero attached hydrogens (tertiary/aromatic N) is 2. The molecule has 0 bridgehead atoms. The van der Waals surface area contributed by atoms with Crippen LogP contribution in [-0.4, -0.2) is 8.07 Å². The number of fused-ring (bicyclic) bond motifs is 3. The molecule has 0 amide bonds. The van der Waals surface area contributed by atoms with Crippen molar-refractivity contribution in [3.05, 3.63) is 199 Å². The number of anilines is 6. The molecule has 0 aliphatic rings. The summed E-state index contributed by atoms with van der Waals surface area (Å²) in [5, 5.41) is 6.46. The maximum atomic E-state index is 2.40. The summed E-state index contributed by atoms with van der Waals surface area (Å²) in [5.74, 6) is 0. The molecule has 8 rings (SSSR count). The molecule has 0 saturated heterocycles. The lowest BCUT2D eigenvalue weighted by Gasteiger charge is -2.27. The van der Waals surface area contributed by atoms with E-state index < -0.39 is 8.07 Å². The van der Waals surface area contributed by atoms with E-state index in [4.69, 9.17) is 0 Å². The van der Waals surface area contributed by atoms with Crippen molar-refractivity contribution in [3.63, 3.8) is 0 Å². The van der Waals surface area contributed by atoms with Gasteiger partial charge in [0.2, 0.25) is 0 Å². The molecule has 0 saturated carbocycles. The molecule has 3 heteroatoms. The molecule has 2 nitrogen and oxygen atoms in total. The van der Waals surface area contributed by atoms with Gasteiger partial charge >= 0.3 is 0 Å². The predicted octanol–water partition coefficient (Wildman–Crippen LogP) is 13.6. The third-order valence-electron chi connectivity index (χ3n) is 9.76. The first-order chi connectivity index (χ1) is 25.4. The maximum absolute atomic E-state index is 2.40. The zero-order valence-electron chi connectivity index (χ0n) is 29.9. The third kappa shape index (κ3) is 6.92. The highest BCUT2D eigenvalue weighted by atomic mass is 28.3. The fourth-order valence-electron chi connectivity index (χ4n) is 6.98. The van der Waals surface area contributed by atoms with Crippen LogP contribution in [0, 0.1) is 0 Å². The van der Waals surface area contributed by atoms with Gasteiger partial charge in [0.1, 0.15) is 0 Å². The van der Waals surface area contributed by atoms with Crippen molar-refractivity contribution in [1.82, 2.24) is 0 Å². The molecular weight excluding hydrogens is 645 g/mol. The zero-order chi connectivity index (χ0) is 35.5. The van der Waals surface area contributed by atoms with Crippen molar-refractivity contribution in [2.75, 3.05) is 9.80 Å². The lowest BCUT2D eigenvalue weighted by atomic mass is 9.99. The van der Waals surface area contributed by atoms with Crippen LogP contribution in [0.4, 0.5) is 34.1 Å². The van der Waals surface area contributed by atoms with E-state index in [-0.39, 0.29) is 0 Å². The average molecular weight is 687 g/mol. The smallest absolute Gasteiger partial charge is 0.0775 e. The summed E-state index contributed by atoms with van der Waals surface area (Å²) in [7, 11) is -1.39. The van der Waals surface area contributed by atoms with Gasteiger partial charge in [-0.3, -0.25) is 0 Å². The Balaban J connectivity index is 1.06. The quantitative estimate of drug-likeness (QED) is 0.0847. The molecule has 52 heavy (non-hydrogen) atoms. The normalized spacial score (nSPS) is 11.7. The molecule has 0 aromatic heterocycles. The first kappa shape index (κ1) is 33.0. The summed E-state index contributed by atoms with van der Waals surface area (Å²) in [5.41, 5.74) is 9.22. The lowest BCUT2D eigenvalue weighted by Crippen LogP contribution is -2.37. The number of rotatable bonds is 9. The van der Waals surface area contributed by atoms with E-state index in [9.17, 15) is 0 Å². The second-order valence-corrected chi connectivity index (χ2v) is 19.4. The average Bonchev–Trinajstić information content (AvgIpc) is 3.19. The van der Waals surface area contributed by atoms with Crippen molar-refractivity contribution in [3.8, 4) is 0 Å². The largest absolute Gasteiger partial charge is 0.311 e. The Kier molecular flexibility index (Phi) is 9.03. The molecule has 0 fully saturated rings. The van der Waals surface area contributed by atoms with E-state index in [1.807, 2.05) is 0 Å². The van der Waals surface area contributed by atoms with Gasteiger partial charge in [0, 0.05) is 34.1 Å². The van der Waals surface area contributed by atoms with Gasteiger partial charge in [-0.05, 0) is 112 Å². The summed E-state index contributed by atoms with van der Waals surface area (Å²) < 4.78 is 0. The van der Waals surface area contributed by atoms with Crippen molar-refractivity contribution in [1.29, 1.82) is 0 Å². The van der Waals surface area contributed by atoms with Gasteiger partial charge in [0.05, 0.1) is 8.07 Å². The number of benzene rings is 8. The van der Waals surface area contributed by atoms with Gasteiger partial charge in [-0.2, -0.15) is 0 Å². The van der Waals surface area contributed by atoms with Crippen LogP contribution in [0.5, 0.6) is 0 Å². The fourth-order valence-corrected chi connectivity index (χ4v) is 8.15. The van der Waals surface area contributed by atoms with Crippen LogP contribution in [0.1, 0.15) is 11.1 Å². The van der Waals surface area contributed by atoms with Gasteiger partial charge in [-0.1, -0.05) is 146 Å². The summed E-state index contributed by atoms with van der Waals surface area (Å²) >= 11 is 0. The maximum Gasteiger partial charge on any atom is 0.0775 e. The molecule has 0 aliphatic carbocycles. The molecular formula is C49H42N2Si. The van der Waals surface area contributed by atoms with Crippen molar-refractivity contribution in [2.24, 2.45) is 0 Å². The van der Waals surface area contributed by atoms with E-state index in [1.54, 1.807) is 0 Å². The highest BCUT2D eigenvalue weighted by molar-refractivity contribution is 6.88. The van der Waals surface area contributed by atoms with Crippen LogP contribution in [0.25, 0.3) is 33.7 Å². The van der Waals surface area contributed by atoms with Gasteiger partial charge in [0.15, 0.2) is 0 Å². The SMILES string of the molecule is C[Si](C)(C)c1ccc(N(c2ccccc2)c2ccc3c(ccc4cc(C=Cc5ccc(N(c6ccccc6)c6ccccc6)cc5)ccc43)c2)cc1. The van der Waals surface area contributed by atoms with Gasteiger partial charge in [-0.25, -0.2) is 0 Å². The molecule has 0 unspecified atom stereocenters.